The van der Waals surface area contributed by atoms with Gasteiger partial charge in [0, 0.05) is 29.8 Å². The number of nitrogens with zero attached hydrogens (tertiary/aromatic N) is 2. The van der Waals surface area contributed by atoms with Crippen molar-refractivity contribution in [3.63, 3.8) is 0 Å². The number of carbonyl (C=O) groups excluding carboxylic acids is 2. The third-order valence-electron chi connectivity index (χ3n) is 6.29. The summed E-state index contributed by atoms with van der Waals surface area (Å²) in [6.07, 6.45) is 5.17. The van der Waals surface area contributed by atoms with Crippen LogP contribution in [0, 0.1) is 19.8 Å². The van der Waals surface area contributed by atoms with E-state index >= 15 is 0 Å². The Hall–Kier alpha value is -2.96. The fraction of sp³-hybridized carbons (Fsp3) is 0.321. The summed E-state index contributed by atoms with van der Waals surface area (Å²) in [5.74, 6) is 0.315. The largest absolute Gasteiger partial charge is 0.341 e. The summed E-state index contributed by atoms with van der Waals surface area (Å²) >= 11 is 7.21. The minimum atomic E-state index is -0.275. The number of benzene rings is 2. The number of ketones is 1. The van der Waals surface area contributed by atoms with E-state index in [1.54, 1.807) is 18.2 Å². The number of hydrogen-bond donors (Lipinski definition) is 0. The molecule has 4 rings (SSSR count). The Bertz CT molecular complexity index is 1410. The molecule has 0 bridgehead atoms. The number of Topliss-reactive ketones (excluding diaryl/α,β-unsaturated/α-hetero) is 1. The van der Waals surface area contributed by atoms with E-state index in [1.165, 1.54) is 22.0 Å². The van der Waals surface area contributed by atoms with Crippen LogP contribution in [-0.2, 0) is 11.3 Å². The summed E-state index contributed by atoms with van der Waals surface area (Å²) in [7, 11) is 0. The molecule has 1 fully saturated rings. The van der Waals surface area contributed by atoms with Crippen molar-refractivity contribution < 1.29 is 9.59 Å². The van der Waals surface area contributed by atoms with Gasteiger partial charge in [-0.3, -0.25) is 19.0 Å². The standard InChI is InChI=1S/C28H29ClN2O3S/c1-18-8-10-30(11-9-18)26(33)17-31-27(16-24(32)22-13-19(2)12-20(3)14-22)35-25(28(31)34)15-21-4-6-23(29)7-5-21/h4-7,12-16,18H,8-11,17H2,1-3H3/b25-15+,27-16-. The SMILES string of the molecule is Cc1cc(C)cc(C(=O)/C=c2\s/c(=C/c3ccc(Cl)cc3)c(=O)n2CC(=O)N2CCC(C)CC2)c1. The van der Waals surface area contributed by atoms with Crippen molar-refractivity contribution >= 4 is 46.8 Å². The van der Waals surface area contributed by atoms with E-state index in [0.717, 1.165) is 29.5 Å². The number of thiazole rings is 1. The summed E-state index contributed by atoms with van der Waals surface area (Å²) in [4.78, 5) is 41.4. The minimum absolute atomic E-state index is 0.0792. The highest BCUT2D eigenvalue weighted by atomic mass is 35.5. The van der Waals surface area contributed by atoms with Crippen LogP contribution in [0.2, 0.25) is 5.02 Å². The molecule has 5 nitrogen and oxygen atoms in total. The van der Waals surface area contributed by atoms with Crippen molar-refractivity contribution in [1.29, 1.82) is 0 Å². The van der Waals surface area contributed by atoms with E-state index in [2.05, 4.69) is 6.92 Å². The fourth-order valence-corrected chi connectivity index (χ4v) is 5.48. The number of aryl methyl sites for hydroxylation is 2. The first-order valence-electron chi connectivity index (χ1n) is 11.8. The molecule has 0 spiro atoms. The second-order valence-electron chi connectivity index (χ2n) is 9.34. The molecule has 1 aliphatic rings. The third-order valence-corrected chi connectivity index (χ3v) is 7.61. The van der Waals surface area contributed by atoms with Gasteiger partial charge in [0.1, 0.15) is 11.2 Å². The lowest BCUT2D eigenvalue weighted by Crippen LogP contribution is -2.43. The van der Waals surface area contributed by atoms with E-state index in [-0.39, 0.29) is 23.8 Å². The molecule has 0 N–H and O–H groups in total. The lowest BCUT2D eigenvalue weighted by atomic mass is 9.99. The number of aromatic nitrogens is 1. The molecule has 1 aliphatic heterocycles. The van der Waals surface area contributed by atoms with Gasteiger partial charge in [0.15, 0.2) is 5.78 Å². The summed E-state index contributed by atoms with van der Waals surface area (Å²) in [5.41, 5.74) is 3.11. The van der Waals surface area contributed by atoms with Crippen LogP contribution >= 0.6 is 22.9 Å². The molecule has 0 radical (unpaired) electrons. The van der Waals surface area contributed by atoms with Crippen LogP contribution in [0.4, 0.5) is 0 Å². The zero-order chi connectivity index (χ0) is 25.1. The van der Waals surface area contributed by atoms with Gasteiger partial charge < -0.3 is 4.90 Å². The van der Waals surface area contributed by atoms with E-state index < -0.39 is 0 Å². The second kappa shape index (κ2) is 10.8. The molecular weight excluding hydrogens is 480 g/mol. The highest BCUT2D eigenvalue weighted by molar-refractivity contribution is 7.07. The number of halogens is 1. The number of rotatable bonds is 5. The van der Waals surface area contributed by atoms with E-state index in [1.807, 2.05) is 49.1 Å². The summed E-state index contributed by atoms with van der Waals surface area (Å²) in [6, 6.07) is 12.9. The number of amides is 1. The molecule has 1 aromatic heterocycles. The van der Waals surface area contributed by atoms with Crippen molar-refractivity contribution in [2.75, 3.05) is 13.1 Å². The average molecular weight is 509 g/mol. The van der Waals surface area contributed by atoms with Crippen LogP contribution in [0.15, 0.2) is 47.3 Å². The molecule has 3 aromatic rings. The average Bonchev–Trinajstić information content (AvgIpc) is 3.09. The lowest BCUT2D eigenvalue weighted by Gasteiger charge is -2.30. The first-order valence-corrected chi connectivity index (χ1v) is 13.0. The van der Waals surface area contributed by atoms with E-state index in [9.17, 15) is 14.4 Å². The smallest absolute Gasteiger partial charge is 0.269 e. The van der Waals surface area contributed by atoms with Crippen molar-refractivity contribution in [1.82, 2.24) is 9.47 Å². The maximum atomic E-state index is 13.4. The van der Waals surface area contributed by atoms with Crippen molar-refractivity contribution in [3.05, 3.63) is 89.3 Å². The van der Waals surface area contributed by atoms with Gasteiger partial charge >= 0.3 is 0 Å². The molecule has 0 aliphatic carbocycles. The molecule has 2 aromatic carbocycles. The fourth-order valence-electron chi connectivity index (χ4n) is 4.31. The van der Waals surface area contributed by atoms with Gasteiger partial charge in [-0.15, -0.1) is 11.3 Å². The minimum Gasteiger partial charge on any atom is -0.341 e. The molecule has 0 saturated carbocycles. The Balaban J connectivity index is 1.76. The zero-order valence-electron chi connectivity index (χ0n) is 20.2. The van der Waals surface area contributed by atoms with Gasteiger partial charge in [-0.05, 0) is 68.5 Å². The van der Waals surface area contributed by atoms with Crippen LogP contribution in [0.3, 0.4) is 0 Å². The molecule has 0 atom stereocenters. The molecule has 35 heavy (non-hydrogen) atoms. The predicted octanol–water partition coefficient (Wildman–Crippen LogP) is 3.93. The van der Waals surface area contributed by atoms with Crippen LogP contribution in [-0.4, -0.2) is 34.2 Å². The van der Waals surface area contributed by atoms with E-state index in [0.29, 0.717) is 38.8 Å². The topological polar surface area (TPSA) is 59.4 Å². The predicted molar refractivity (Wildman–Crippen MR) is 143 cm³/mol. The normalized spacial score (nSPS) is 15.6. The molecule has 0 unspecified atom stereocenters. The Morgan fingerprint density at radius 3 is 2.31 bits per heavy atom. The third kappa shape index (κ3) is 6.19. The highest BCUT2D eigenvalue weighted by Gasteiger charge is 2.21. The van der Waals surface area contributed by atoms with Gasteiger partial charge in [-0.25, -0.2) is 0 Å². The number of hydrogen-bond acceptors (Lipinski definition) is 4. The number of likely N-dealkylation sites (tertiary alicyclic amines) is 1. The van der Waals surface area contributed by atoms with Gasteiger partial charge in [0.25, 0.3) is 5.56 Å². The summed E-state index contributed by atoms with van der Waals surface area (Å²) in [5, 5.41) is 0.611. The highest BCUT2D eigenvalue weighted by Crippen LogP contribution is 2.16. The van der Waals surface area contributed by atoms with Crippen molar-refractivity contribution in [3.8, 4) is 0 Å². The van der Waals surface area contributed by atoms with E-state index in [4.69, 9.17) is 11.6 Å². The van der Waals surface area contributed by atoms with Gasteiger partial charge in [-0.2, -0.15) is 0 Å². The molecule has 2 heterocycles. The quantitative estimate of drug-likeness (QED) is 0.491. The zero-order valence-corrected chi connectivity index (χ0v) is 21.8. The Kier molecular flexibility index (Phi) is 7.72. The Morgan fingerprint density at radius 2 is 1.69 bits per heavy atom. The maximum absolute atomic E-state index is 13.4. The first-order chi connectivity index (χ1) is 16.7. The van der Waals surface area contributed by atoms with Crippen LogP contribution in [0.5, 0.6) is 0 Å². The molecule has 7 heteroatoms. The molecule has 1 saturated heterocycles. The van der Waals surface area contributed by atoms with Gasteiger partial charge in [0.05, 0.1) is 4.53 Å². The number of piperidine rings is 1. The summed E-state index contributed by atoms with van der Waals surface area (Å²) < 4.78 is 2.37. The first kappa shape index (κ1) is 25.1. The molecule has 1 amide bonds. The monoisotopic (exact) mass is 508 g/mol. The van der Waals surface area contributed by atoms with Crippen LogP contribution in [0.1, 0.15) is 46.8 Å². The second-order valence-corrected chi connectivity index (χ2v) is 10.8. The number of carbonyl (C=O) groups is 2. The van der Waals surface area contributed by atoms with Crippen molar-refractivity contribution in [2.45, 2.75) is 40.2 Å². The van der Waals surface area contributed by atoms with Crippen LogP contribution < -0.4 is 14.8 Å². The van der Waals surface area contributed by atoms with Crippen molar-refractivity contribution in [2.24, 2.45) is 5.92 Å². The Labute approximate surface area is 214 Å². The molecule has 182 valence electrons. The summed E-state index contributed by atoms with van der Waals surface area (Å²) in [6.45, 7) is 7.40. The maximum Gasteiger partial charge on any atom is 0.269 e. The molecular formula is C28H29ClN2O3S. The van der Waals surface area contributed by atoms with Gasteiger partial charge in [-0.1, -0.05) is 47.9 Å². The lowest BCUT2D eigenvalue weighted by molar-refractivity contribution is -0.133. The van der Waals surface area contributed by atoms with Crippen LogP contribution in [0.25, 0.3) is 12.2 Å². The Morgan fingerprint density at radius 1 is 1.06 bits per heavy atom. The van der Waals surface area contributed by atoms with Gasteiger partial charge in [0.2, 0.25) is 5.91 Å².